The van der Waals surface area contributed by atoms with Gasteiger partial charge >= 0.3 is 5.69 Å². The van der Waals surface area contributed by atoms with Gasteiger partial charge in [-0.15, -0.1) is 0 Å². The van der Waals surface area contributed by atoms with E-state index in [4.69, 9.17) is 4.74 Å². The van der Waals surface area contributed by atoms with E-state index in [1.54, 1.807) is 48.6 Å². The van der Waals surface area contributed by atoms with E-state index < -0.39 is 21.2 Å². The predicted molar refractivity (Wildman–Crippen MR) is 143 cm³/mol. The van der Waals surface area contributed by atoms with Crippen molar-refractivity contribution in [3.05, 3.63) is 109 Å². The van der Waals surface area contributed by atoms with Crippen molar-refractivity contribution in [1.29, 1.82) is 0 Å². The summed E-state index contributed by atoms with van der Waals surface area (Å²) in [5.41, 5.74) is 1.18. The van der Waals surface area contributed by atoms with Crippen LogP contribution in [-0.2, 0) is 0 Å². The number of non-ortho nitro benzene ring substituents is 1. The third kappa shape index (κ3) is 5.80. The Bertz CT molecular complexity index is 1660. The number of nitrogens with zero attached hydrogens (tertiary/aromatic N) is 4. The number of ether oxygens (including phenoxy) is 1. The zero-order valence-electron chi connectivity index (χ0n) is 20.3. The van der Waals surface area contributed by atoms with Crippen molar-refractivity contribution in [3.63, 3.8) is 0 Å². The molecule has 0 fully saturated rings. The normalized spacial score (nSPS) is 11.2. The van der Waals surface area contributed by atoms with Gasteiger partial charge in [0.1, 0.15) is 11.4 Å². The molecule has 0 saturated heterocycles. The van der Waals surface area contributed by atoms with Crippen LogP contribution >= 0.6 is 0 Å². The molecule has 0 bridgehead atoms. The summed E-state index contributed by atoms with van der Waals surface area (Å²) < 4.78 is 6.41. The van der Waals surface area contributed by atoms with E-state index in [9.17, 15) is 35.2 Å². The van der Waals surface area contributed by atoms with E-state index in [2.05, 4.69) is 5.10 Å². The molecule has 1 heterocycles. The molecule has 0 aliphatic heterocycles. The molecule has 0 spiro atoms. The Kier molecular flexibility index (Phi) is 7.47. The van der Waals surface area contributed by atoms with E-state index in [-0.39, 0.29) is 28.5 Å². The standard InChI is InChI=1S/C27H20N4O8/c1-39-27-13-18(5-11-26(27)34)3-7-21-14-20(6-2-17-4-10-25(33)19(12-17)16-32)28-29(21)23-9-8-22(30(35)36)15-24(23)31(37)38/h2-16,33-34H,1H3/b6-2+,7-3+. The average Bonchev–Trinajstić information content (AvgIpc) is 3.34. The minimum atomic E-state index is -0.727. The van der Waals surface area contributed by atoms with Crippen LogP contribution in [0, 0.1) is 20.2 Å². The second kappa shape index (κ2) is 11.1. The SMILES string of the molecule is COc1cc(/C=C/c2cc(/C=C/c3ccc(O)c(C=O)c3)nn2-c2ccc([N+](=O)[O-])cc2[N+](=O)[O-])ccc1O. The lowest BCUT2D eigenvalue weighted by atomic mass is 10.1. The highest BCUT2D eigenvalue weighted by atomic mass is 16.6. The Morgan fingerprint density at radius 1 is 0.846 bits per heavy atom. The van der Waals surface area contributed by atoms with Crippen LogP contribution in [0.1, 0.15) is 32.9 Å². The van der Waals surface area contributed by atoms with Gasteiger partial charge in [0, 0.05) is 6.07 Å². The number of carbonyl (C=O) groups is 1. The summed E-state index contributed by atoms with van der Waals surface area (Å²) in [4.78, 5) is 32.7. The van der Waals surface area contributed by atoms with E-state index in [1.807, 2.05) is 0 Å². The van der Waals surface area contributed by atoms with Crippen molar-refractivity contribution in [3.8, 4) is 22.9 Å². The summed E-state index contributed by atoms with van der Waals surface area (Å²) in [6.45, 7) is 0. The number of aromatic nitrogens is 2. The number of phenols is 2. The zero-order valence-corrected chi connectivity index (χ0v) is 20.3. The largest absolute Gasteiger partial charge is 0.507 e. The molecule has 0 radical (unpaired) electrons. The van der Waals surface area contributed by atoms with Crippen molar-refractivity contribution >= 4 is 42.0 Å². The van der Waals surface area contributed by atoms with Gasteiger partial charge in [-0.25, -0.2) is 4.68 Å². The summed E-state index contributed by atoms with van der Waals surface area (Å²) in [6, 6.07) is 14.0. The number of rotatable bonds is 9. The Morgan fingerprint density at radius 2 is 1.54 bits per heavy atom. The molecule has 0 atom stereocenters. The van der Waals surface area contributed by atoms with Crippen LogP contribution in [0.2, 0.25) is 0 Å². The summed E-state index contributed by atoms with van der Waals surface area (Å²) in [5.74, 6) is 0.0552. The van der Waals surface area contributed by atoms with Gasteiger partial charge in [0.25, 0.3) is 5.69 Å². The van der Waals surface area contributed by atoms with Crippen molar-refractivity contribution in [2.24, 2.45) is 0 Å². The Morgan fingerprint density at radius 3 is 2.21 bits per heavy atom. The lowest BCUT2D eigenvalue weighted by Crippen LogP contribution is -2.04. The highest BCUT2D eigenvalue weighted by Crippen LogP contribution is 2.31. The topological polar surface area (TPSA) is 171 Å². The second-order valence-electron chi connectivity index (χ2n) is 8.13. The number of nitro benzene ring substituents is 2. The third-order valence-electron chi connectivity index (χ3n) is 5.63. The first-order valence-corrected chi connectivity index (χ1v) is 11.2. The highest BCUT2D eigenvalue weighted by molar-refractivity contribution is 5.82. The number of phenolic OH excluding ortho intramolecular Hbond substituents is 2. The summed E-state index contributed by atoms with van der Waals surface area (Å²) >= 11 is 0. The molecule has 2 N–H and O–H groups in total. The molecule has 4 aromatic rings. The molecule has 1 aromatic heterocycles. The third-order valence-corrected chi connectivity index (χ3v) is 5.63. The first-order chi connectivity index (χ1) is 18.7. The fourth-order valence-corrected chi connectivity index (χ4v) is 3.69. The highest BCUT2D eigenvalue weighted by Gasteiger charge is 2.23. The molecule has 0 saturated carbocycles. The van der Waals surface area contributed by atoms with Crippen LogP contribution in [0.3, 0.4) is 0 Å². The number of hydrogen-bond donors (Lipinski definition) is 2. The lowest BCUT2D eigenvalue weighted by molar-refractivity contribution is -0.394. The van der Waals surface area contributed by atoms with E-state index in [0.717, 1.165) is 12.1 Å². The van der Waals surface area contributed by atoms with E-state index in [0.29, 0.717) is 28.8 Å². The summed E-state index contributed by atoms with van der Waals surface area (Å²) in [7, 11) is 1.41. The molecule has 12 nitrogen and oxygen atoms in total. The van der Waals surface area contributed by atoms with E-state index >= 15 is 0 Å². The number of carbonyl (C=O) groups excluding carboxylic acids is 1. The first-order valence-electron chi connectivity index (χ1n) is 11.2. The molecule has 196 valence electrons. The van der Waals surface area contributed by atoms with Gasteiger partial charge in [-0.2, -0.15) is 5.10 Å². The smallest absolute Gasteiger partial charge is 0.301 e. The Balaban J connectivity index is 1.81. The van der Waals surface area contributed by atoms with Crippen molar-refractivity contribution in [1.82, 2.24) is 9.78 Å². The quantitative estimate of drug-likeness (QED) is 0.167. The maximum atomic E-state index is 11.8. The first kappa shape index (κ1) is 26.3. The van der Waals surface area contributed by atoms with Crippen LogP contribution in [0.5, 0.6) is 17.2 Å². The zero-order chi connectivity index (χ0) is 28.1. The van der Waals surface area contributed by atoms with E-state index in [1.165, 1.54) is 36.1 Å². The molecule has 0 amide bonds. The van der Waals surface area contributed by atoms with Crippen molar-refractivity contribution in [2.45, 2.75) is 0 Å². The maximum absolute atomic E-state index is 11.8. The van der Waals surface area contributed by atoms with Crippen LogP contribution in [0.25, 0.3) is 30.0 Å². The number of nitro groups is 2. The second-order valence-corrected chi connectivity index (χ2v) is 8.13. The lowest BCUT2D eigenvalue weighted by Gasteiger charge is -2.06. The van der Waals surface area contributed by atoms with Crippen molar-refractivity contribution < 1.29 is 29.6 Å². The van der Waals surface area contributed by atoms with Gasteiger partial charge in [-0.05, 0) is 59.7 Å². The number of methoxy groups -OCH3 is 1. The molecule has 39 heavy (non-hydrogen) atoms. The van der Waals surface area contributed by atoms with Gasteiger partial charge < -0.3 is 14.9 Å². The monoisotopic (exact) mass is 528 g/mol. The van der Waals surface area contributed by atoms with Crippen LogP contribution < -0.4 is 4.74 Å². The van der Waals surface area contributed by atoms with Gasteiger partial charge in [-0.1, -0.05) is 24.3 Å². The maximum Gasteiger partial charge on any atom is 0.301 e. The molecule has 0 aliphatic rings. The van der Waals surface area contributed by atoms with Crippen LogP contribution in [0.15, 0.2) is 60.7 Å². The van der Waals surface area contributed by atoms with Crippen LogP contribution in [0.4, 0.5) is 11.4 Å². The molecule has 12 heteroatoms. The number of aldehydes is 1. The fourth-order valence-electron chi connectivity index (χ4n) is 3.69. The predicted octanol–water partition coefficient (Wildman–Crippen LogP) is 5.26. The number of benzene rings is 3. The summed E-state index contributed by atoms with van der Waals surface area (Å²) in [5, 5.41) is 47.0. The molecular weight excluding hydrogens is 508 g/mol. The van der Waals surface area contributed by atoms with Crippen molar-refractivity contribution in [2.75, 3.05) is 7.11 Å². The minimum Gasteiger partial charge on any atom is -0.507 e. The van der Waals surface area contributed by atoms with Crippen LogP contribution in [-0.4, -0.2) is 43.2 Å². The van der Waals surface area contributed by atoms with Gasteiger partial charge in [0.05, 0.1) is 40.0 Å². The van der Waals surface area contributed by atoms with Gasteiger partial charge in [-0.3, -0.25) is 25.0 Å². The molecule has 0 aliphatic carbocycles. The molecule has 4 rings (SSSR count). The van der Waals surface area contributed by atoms with Gasteiger partial charge in [0.2, 0.25) is 0 Å². The van der Waals surface area contributed by atoms with Gasteiger partial charge in [0.15, 0.2) is 17.8 Å². The number of aromatic hydroxyl groups is 2. The molecule has 3 aromatic carbocycles. The molecular formula is C27H20N4O8. The Hall–Kier alpha value is -5.78. The number of hydrogen-bond acceptors (Lipinski definition) is 9. The minimum absolute atomic E-state index is 0.000983. The molecule has 0 unspecified atom stereocenters. The fraction of sp³-hybridized carbons (Fsp3) is 0.0370. The Labute approximate surface area is 220 Å². The summed E-state index contributed by atoms with van der Waals surface area (Å²) in [6.07, 6.45) is 7.08. The average molecular weight is 528 g/mol.